The van der Waals surface area contributed by atoms with Crippen molar-refractivity contribution in [1.82, 2.24) is 5.32 Å². The molecule has 0 spiro atoms. The number of furan rings is 1. The zero-order chi connectivity index (χ0) is 14.1. The van der Waals surface area contributed by atoms with Crippen molar-refractivity contribution in [3.8, 4) is 0 Å². The van der Waals surface area contributed by atoms with Crippen molar-refractivity contribution in [3.05, 3.63) is 69.0 Å². The van der Waals surface area contributed by atoms with Gasteiger partial charge in [-0.25, -0.2) is 0 Å². The number of nitrogens with one attached hydrogen (secondary N) is 1. The molecule has 0 radical (unpaired) electrons. The quantitative estimate of drug-likeness (QED) is 0.672. The second kappa shape index (κ2) is 5.58. The van der Waals surface area contributed by atoms with Crippen LogP contribution in [0.2, 0.25) is 0 Å². The van der Waals surface area contributed by atoms with Gasteiger partial charge in [-0.05, 0) is 59.8 Å². The lowest BCUT2D eigenvalue weighted by Crippen LogP contribution is -2.18. The van der Waals surface area contributed by atoms with Gasteiger partial charge in [0.25, 0.3) is 0 Å². The summed E-state index contributed by atoms with van der Waals surface area (Å²) in [4.78, 5) is 0. The summed E-state index contributed by atoms with van der Waals surface area (Å²) in [5.41, 5.74) is 3.40. The largest absolute Gasteiger partial charge is 0.459 e. The van der Waals surface area contributed by atoms with Crippen molar-refractivity contribution in [2.45, 2.75) is 13.0 Å². The predicted octanol–water partition coefficient (Wildman–Crippen LogP) is 4.65. The van der Waals surface area contributed by atoms with Crippen molar-refractivity contribution in [1.29, 1.82) is 0 Å². The van der Waals surface area contributed by atoms with Gasteiger partial charge in [-0.1, -0.05) is 36.4 Å². The van der Waals surface area contributed by atoms with Crippen LogP contribution in [-0.4, -0.2) is 7.05 Å². The Kier molecular flexibility index (Phi) is 3.81. The Hall–Kier alpha value is -1.33. The molecule has 0 aliphatic rings. The fourth-order valence-corrected chi connectivity index (χ4v) is 3.23. The zero-order valence-corrected chi connectivity index (χ0v) is 13.6. The third-order valence-corrected chi connectivity index (χ3v) is 4.53. The molecule has 0 fully saturated rings. The molecule has 1 aromatic heterocycles. The molecule has 2 nitrogen and oxygen atoms in total. The molecule has 1 unspecified atom stereocenters. The van der Waals surface area contributed by atoms with Gasteiger partial charge in [0.2, 0.25) is 0 Å². The first-order chi connectivity index (χ1) is 9.70. The van der Waals surface area contributed by atoms with Crippen molar-refractivity contribution in [3.63, 3.8) is 0 Å². The van der Waals surface area contributed by atoms with E-state index in [4.69, 9.17) is 4.42 Å². The summed E-state index contributed by atoms with van der Waals surface area (Å²) in [6, 6.07) is 16.8. The molecule has 0 amide bonds. The molecule has 3 rings (SSSR count). The van der Waals surface area contributed by atoms with Gasteiger partial charge >= 0.3 is 0 Å². The summed E-state index contributed by atoms with van der Waals surface area (Å²) in [6.07, 6.45) is 0. The van der Waals surface area contributed by atoms with Crippen LogP contribution in [0.15, 0.2) is 52.9 Å². The minimum absolute atomic E-state index is 0.0786. The van der Waals surface area contributed by atoms with E-state index in [-0.39, 0.29) is 6.04 Å². The maximum atomic E-state index is 6.10. The Morgan fingerprint density at radius 1 is 1.10 bits per heavy atom. The van der Waals surface area contributed by atoms with Gasteiger partial charge in [-0.3, -0.25) is 0 Å². The molecule has 0 aliphatic heterocycles. The molecule has 3 aromatic rings. The predicted molar refractivity (Wildman–Crippen MR) is 91.0 cm³/mol. The number of rotatable bonds is 3. The zero-order valence-electron chi connectivity index (χ0n) is 11.5. The van der Waals surface area contributed by atoms with Gasteiger partial charge in [0.15, 0.2) is 0 Å². The molecular weight excluding hydrogens is 361 g/mol. The highest BCUT2D eigenvalue weighted by Gasteiger charge is 2.19. The summed E-state index contributed by atoms with van der Waals surface area (Å²) < 4.78 is 7.33. The van der Waals surface area contributed by atoms with Crippen LogP contribution >= 0.6 is 22.6 Å². The second-order valence-corrected chi connectivity index (χ2v) is 6.05. The number of hydrogen-bond acceptors (Lipinski definition) is 2. The number of benzene rings is 2. The molecule has 0 bridgehead atoms. The highest BCUT2D eigenvalue weighted by Crippen LogP contribution is 2.31. The van der Waals surface area contributed by atoms with Crippen LogP contribution in [0.5, 0.6) is 0 Å². The van der Waals surface area contributed by atoms with Crippen molar-refractivity contribution in [2.75, 3.05) is 7.05 Å². The van der Waals surface area contributed by atoms with E-state index in [1.165, 1.54) is 14.7 Å². The third kappa shape index (κ3) is 2.36. The second-order valence-electron chi connectivity index (χ2n) is 4.89. The number of para-hydroxylation sites is 1. The maximum Gasteiger partial charge on any atom is 0.137 e. The minimum Gasteiger partial charge on any atom is -0.459 e. The van der Waals surface area contributed by atoms with E-state index in [2.05, 4.69) is 83.4 Å². The van der Waals surface area contributed by atoms with E-state index in [0.29, 0.717) is 0 Å². The van der Waals surface area contributed by atoms with E-state index in [1.807, 2.05) is 7.05 Å². The SMILES string of the molecule is CNC(c1cc2cccc(C)c2o1)c1ccccc1I. The van der Waals surface area contributed by atoms with Gasteiger partial charge < -0.3 is 9.73 Å². The van der Waals surface area contributed by atoms with E-state index in [9.17, 15) is 0 Å². The van der Waals surface area contributed by atoms with Crippen LogP contribution < -0.4 is 5.32 Å². The fraction of sp³-hybridized carbons (Fsp3) is 0.176. The number of fused-ring (bicyclic) bond motifs is 1. The normalized spacial score (nSPS) is 12.8. The number of aryl methyl sites for hydroxylation is 1. The fourth-order valence-electron chi connectivity index (χ4n) is 2.53. The van der Waals surface area contributed by atoms with E-state index < -0.39 is 0 Å². The Balaban J connectivity index is 2.12. The summed E-state index contributed by atoms with van der Waals surface area (Å²) in [5, 5.41) is 4.52. The molecule has 102 valence electrons. The van der Waals surface area contributed by atoms with Crippen molar-refractivity contribution >= 4 is 33.6 Å². The van der Waals surface area contributed by atoms with Crippen molar-refractivity contribution in [2.24, 2.45) is 0 Å². The first-order valence-corrected chi connectivity index (χ1v) is 7.69. The molecule has 1 heterocycles. The van der Waals surface area contributed by atoms with Crippen LogP contribution in [-0.2, 0) is 0 Å². The highest BCUT2D eigenvalue weighted by molar-refractivity contribution is 14.1. The van der Waals surface area contributed by atoms with Crippen LogP contribution in [0.4, 0.5) is 0 Å². The van der Waals surface area contributed by atoms with Crippen molar-refractivity contribution < 1.29 is 4.42 Å². The molecule has 0 aliphatic carbocycles. The van der Waals surface area contributed by atoms with Gasteiger partial charge in [-0.15, -0.1) is 0 Å². The molecule has 1 atom stereocenters. The van der Waals surface area contributed by atoms with E-state index in [1.54, 1.807) is 0 Å². The van der Waals surface area contributed by atoms with Gasteiger partial charge in [0, 0.05) is 8.96 Å². The standard InChI is InChI=1S/C17H16INO/c1-11-6-5-7-12-10-15(20-17(11)12)16(19-2)13-8-3-4-9-14(13)18/h3-10,16,19H,1-2H3. The molecule has 20 heavy (non-hydrogen) atoms. The van der Waals surface area contributed by atoms with Crippen LogP contribution in [0.1, 0.15) is 22.9 Å². The lowest BCUT2D eigenvalue weighted by Gasteiger charge is -2.15. The lowest BCUT2D eigenvalue weighted by molar-refractivity contribution is 0.489. The summed E-state index contributed by atoms with van der Waals surface area (Å²) in [5.74, 6) is 0.959. The van der Waals surface area contributed by atoms with Gasteiger partial charge in [0.05, 0.1) is 6.04 Å². The topological polar surface area (TPSA) is 25.2 Å². The first kappa shape index (κ1) is 13.6. The average Bonchev–Trinajstić information content (AvgIpc) is 2.87. The maximum absolute atomic E-state index is 6.10. The summed E-state index contributed by atoms with van der Waals surface area (Å²) >= 11 is 2.37. The first-order valence-electron chi connectivity index (χ1n) is 6.61. The summed E-state index contributed by atoms with van der Waals surface area (Å²) in [6.45, 7) is 2.08. The smallest absolute Gasteiger partial charge is 0.137 e. The highest BCUT2D eigenvalue weighted by atomic mass is 127. The van der Waals surface area contributed by atoms with Crippen LogP contribution in [0.25, 0.3) is 11.0 Å². The molecule has 0 saturated carbocycles. The minimum atomic E-state index is 0.0786. The van der Waals surface area contributed by atoms with Gasteiger partial charge in [0.1, 0.15) is 11.3 Å². The van der Waals surface area contributed by atoms with Gasteiger partial charge in [-0.2, -0.15) is 0 Å². The molecular formula is C17H16INO. The third-order valence-electron chi connectivity index (χ3n) is 3.55. The molecule has 3 heteroatoms. The molecule has 1 N–H and O–H groups in total. The number of halogens is 1. The van der Waals surface area contributed by atoms with E-state index in [0.717, 1.165) is 16.7 Å². The van der Waals surface area contributed by atoms with E-state index >= 15 is 0 Å². The lowest BCUT2D eigenvalue weighted by atomic mass is 10.0. The molecule has 0 saturated heterocycles. The van der Waals surface area contributed by atoms with Crippen LogP contribution in [0.3, 0.4) is 0 Å². The van der Waals surface area contributed by atoms with Crippen LogP contribution in [0, 0.1) is 10.5 Å². The Morgan fingerprint density at radius 3 is 2.60 bits per heavy atom. The Morgan fingerprint density at radius 2 is 1.90 bits per heavy atom. The number of hydrogen-bond donors (Lipinski definition) is 1. The Bertz CT molecular complexity index is 748. The molecule has 2 aromatic carbocycles. The summed E-state index contributed by atoms with van der Waals surface area (Å²) in [7, 11) is 1.97. The average molecular weight is 377 g/mol. The monoisotopic (exact) mass is 377 g/mol. The Labute approximate surface area is 132 Å².